The third-order valence-electron chi connectivity index (χ3n) is 4.97. The highest BCUT2D eigenvalue weighted by molar-refractivity contribution is 5.89. The van der Waals surface area contributed by atoms with Gasteiger partial charge >= 0.3 is 0 Å². The van der Waals surface area contributed by atoms with Crippen LogP contribution in [0.2, 0.25) is 0 Å². The topological polar surface area (TPSA) is 47.6 Å². The van der Waals surface area contributed by atoms with Gasteiger partial charge in [-0.1, -0.05) is 30.7 Å². The molecule has 3 rings (SSSR count). The second-order valence-corrected chi connectivity index (χ2v) is 6.61. The molecule has 0 heterocycles. The first-order chi connectivity index (χ1) is 12.6. The van der Waals surface area contributed by atoms with Crippen LogP contribution in [0.25, 0.3) is 0 Å². The van der Waals surface area contributed by atoms with Crippen LogP contribution >= 0.6 is 0 Å². The largest absolute Gasteiger partial charge is 0.491 e. The molecule has 1 amide bonds. The van der Waals surface area contributed by atoms with Crippen molar-refractivity contribution < 1.29 is 18.7 Å². The summed E-state index contributed by atoms with van der Waals surface area (Å²) < 4.78 is 23.7. The Balaban J connectivity index is 1.58. The second kappa shape index (κ2) is 8.32. The first kappa shape index (κ1) is 18.4. The number of nitrogens with one attached hydrogen (secondary N) is 1. The van der Waals surface area contributed by atoms with Gasteiger partial charge in [0, 0.05) is 13.7 Å². The zero-order valence-corrected chi connectivity index (χ0v) is 15.0. The highest BCUT2D eigenvalue weighted by Gasteiger charge is 2.45. The van der Waals surface area contributed by atoms with E-state index < -0.39 is 5.41 Å². The molecule has 138 valence electrons. The first-order valence-electron chi connectivity index (χ1n) is 8.89. The molecule has 0 atom stereocenters. The highest BCUT2D eigenvalue weighted by atomic mass is 19.1. The number of amides is 1. The average molecular weight is 357 g/mol. The van der Waals surface area contributed by atoms with Crippen molar-refractivity contribution in [3.05, 3.63) is 65.5 Å². The number of carbonyl (C=O) groups is 1. The molecule has 0 aromatic heterocycles. The first-order valence-corrected chi connectivity index (χ1v) is 8.89. The SMILES string of the molecule is COCCOc1ccc(CNC(=O)C2(c3ccc(F)cc3)CCC2)cc1. The van der Waals surface area contributed by atoms with Gasteiger partial charge in [0.15, 0.2) is 0 Å². The maximum absolute atomic E-state index is 13.2. The predicted octanol–water partition coefficient (Wildman–Crippen LogP) is 3.59. The molecule has 0 unspecified atom stereocenters. The summed E-state index contributed by atoms with van der Waals surface area (Å²) in [6.45, 7) is 1.51. The summed E-state index contributed by atoms with van der Waals surface area (Å²) in [5.41, 5.74) is 1.38. The molecule has 2 aromatic carbocycles. The van der Waals surface area contributed by atoms with Gasteiger partial charge in [-0.15, -0.1) is 0 Å². The minimum atomic E-state index is -0.517. The van der Waals surface area contributed by atoms with Crippen LogP contribution in [0, 0.1) is 5.82 Å². The van der Waals surface area contributed by atoms with Crippen LogP contribution < -0.4 is 10.1 Å². The van der Waals surface area contributed by atoms with Gasteiger partial charge in [0.25, 0.3) is 0 Å². The molecule has 4 nitrogen and oxygen atoms in total. The van der Waals surface area contributed by atoms with Crippen molar-refractivity contribution in [1.29, 1.82) is 0 Å². The summed E-state index contributed by atoms with van der Waals surface area (Å²) in [4.78, 5) is 12.8. The van der Waals surface area contributed by atoms with Crippen molar-refractivity contribution in [2.45, 2.75) is 31.2 Å². The van der Waals surface area contributed by atoms with Gasteiger partial charge in [0.05, 0.1) is 12.0 Å². The van der Waals surface area contributed by atoms with Crippen LogP contribution in [0.3, 0.4) is 0 Å². The van der Waals surface area contributed by atoms with E-state index in [0.29, 0.717) is 19.8 Å². The van der Waals surface area contributed by atoms with E-state index in [1.54, 1.807) is 19.2 Å². The van der Waals surface area contributed by atoms with Crippen LogP contribution in [0.15, 0.2) is 48.5 Å². The Hall–Kier alpha value is -2.40. The normalized spacial score (nSPS) is 15.2. The maximum Gasteiger partial charge on any atom is 0.230 e. The van der Waals surface area contributed by atoms with E-state index in [1.165, 1.54) is 12.1 Å². The van der Waals surface area contributed by atoms with E-state index in [4.69, 9.17) is 9.47 Å². The molecule has 1 saturated carbocycles. The number of halogens is 1. The molecular weight excluding hydrogens is 333 g/mol. The summed E-state index contributed by atoms with van der Waals surface area (Å²) in [5, 5.41) is 3.03. The Morgan fingerprint density at radius 1 is 1.08 bits per heavy atom. The zero-order valence-electron chi connectivity index (χ0n) is 15.0. The number of ether oxygens (including phenoxy) is 2. The molecule has 0 aliphatic heterocycles. The Labute approximate surface area is 153 Å². The van der Waals surface area contributed by atoms with Crippen molar-refractivity contribution in [2.24, 2.45) is 0 Å². The molecule has 1 aliphatic rings. The quantitative estimate of drug-likeness (QED) is 0.735. The molecule has 1 aliphatic carbocycles. The third-order valence-corrected chi connectivity index (χ3v) is 4.97. The van der Waals surface area contributed by atoms with E-state index in [1.807, 2.05) is 24.3 Å². The van der Waals surface area contributed by atoms with Crippen LogP contribution in [0.5, 0.6) is 5.75 Å². The molecule has 2 aromatic rings. The molecule has 1 fully saturated rings. The van der Waals surface area contributed by atoms with Gasteiger partial charge in [-0.2, -0.15) is 0 Å². The number of carbonyl (C=O) groups excluding carboxylic acids is 1. The smallest absolute Gasteiger partial charge is 0.230 e. The summed E-state index contributed by atoms with van der Waals surface area (Å²) in [6, 6.07) is 13.9. The van der Waals surface area contributed by atoms with Crippen molar-refractivity contribution in [2.75, 3.05) is 20.3 Å². The van der Waals surface area contributed by atoms with Crippen LogP contribution in [-0.2, 0) is 21.5 Å². The number of benzene rings is 2. The monoisotopic (exact) mass is 357 g/mol. The number of rotatable bonds is 8. The summed E-state index contributed by atoms with van der Waals surface area (Å²) in [5.74, 6) is 0.506. The van der Waals surface area contributed by atoms with Gasteiger partial charge in [-0.3, -0.25) is 4.79 Å². The lowest BCUT2D eigenvalue weighted by Gasteiger charge is -2.40. The van der Waals surface area contributed by atoms with E-state index in [-0.39, 0.29) is 11.7 Å². The van der Waals surface area contributed by atoms with E-state index in [2.05, 4.69) is 5.32 Å². The zero-order chi connectivity index (χ0) is 18.4. The Bertz CT molecular complexity index is 724. The molecule has 1 N–H and O–H groups in total. The summed E-state index contributed by atoms with van der Waals surface area (Å²) in [6.07, 6.45) is 2.62. The van der Waals surface area contributed by atoms with Gasteiger partial charge in [-0.05, 0) is 48.2 Å². The van der Waals surface area contributed by atoms with Gasteiger partial charge in [-0.25, -0.2) is 4.39 Å². The average Bonchev–Trinajstić information content (AvgIpc) is 2.62. The van der Waals surface area contributed by atoms with E-state index in [0.717, 1.165) is 36.1 Å². The Morgan fingerprint density at radius 2 is 1.77 bits per heavy atom. The molecule has 0 radical (unpaired) electrons. The summed E-state index contributed by atoms with van der Waals surface area (Å²) >= 11 is 0. The van der Waals surface area contributed by atoms with Gasteiger partial charge in [0.1, 0.15) is 18.2 Å². The van der Waals surface area contributed by atoms with Crippen molar-refractivity contribution in [3.63, 3.8) is 0 Å². The second-order valence-electron chi connectivity index (χ2n) is 6.61. The minimum Gasteiger partial charge on any atom is -0.491 e. The lowest BCUT2D eigenvalue weighted by molar-refractivity contribution is -0.130. The van der Waals surface area contributed by atoms with Gasteiger partial charge in [0.2, 0.25) is 5.91 Å². The lowest BCUT2D eigenvalue weighted by Crippen LogP contribution is -2.49. The molecule has 0 bridgehead atoms. The molecule has 0 spiro atoms. The van der Waals surface area contributed by atoms with E-state index >= 15 is 0 Å². The summed E-state index contributed by atoms with van der Waals surface area (Å²) in [7, 11) is 1.63. The van der Waals surface area contributed by atoms with Gasteiger partial charge < -0.3 is 14.8 Å². The fourth-order valence-corrected chi connectivity index (χ4v) is 3.24. The molecule has 5 heteroatoms. The molecular formula is C21H24FNO3. The van der Waals surface area contributed by atoms with Crippen molar-refractivity contribution in [3.8, 4) is 5.75 Å². The maximum atomic E-state index is 13.2. The fraction of sp³-hybridized carbons (Fsp3) is 0.381. The Kier molecular flexibility index (Phi) is 5.89. The standard InChI is InChI=1S/C21H24FNO3/c1-25-13-14-26-19-9-3-16(4-10-19)15-23-20(24)21(11-2-12-21)17-5-7-18(22)8-6-17/h3-10H,2,11-15H2,1H3,(H,23,24). The highest BCUT2D eigenvalue weighted by Crippen LogP contribution is 2.44. The minimum absolute atomic E-state index is 0.00998. The Morgan fingerprint density at radius 3 is 2.35 bits per heavy atom. The van der Waals surface area contributed by atoms with Crippen molar-refractivity contribution in [1.82, 2.24) is 5.32 Å². The van der Waals surface area contributed by atoms with Crippen molar-refractivity contribution >= 4 is 5.91 Å². The van der Waals surface area contributed by atoms with E-state index in [9.17, 15) is 9.18 Å². The van der Waals surface area contributed by atoms with Crippen LogP contribution in [0.4, 0.5) is 4.39 Å². The third kappa shape index (κ3) is 4.05. The van der Waals surface area contributed by atoms with Crippen LogP contribution in [-0.4, -0.2) is 26.2 Å². The van der Waals surface area contributed by atoms with Crippen LogP contribution in [0.1, 0.15) is 30.4 Å². The number of methoxy groups -OCH3 is 1. The molecule has 26 heavy (non-hydrogen) atoms. The molecule has 0 saturated heterocycles. The fourth-order valence-electron chi connectivity index (χ4n) is 3.24. The number of hydrogen-bond donors (Lipinski definition) is 1. The lowest BCUT2D eigenvalue weighted by atomic mass is 9.64. The predicted molar refractivity (Wildman–Crippen MR) is 97.6 cm³/mol. The number of hydrogen-bond acceptors (Lipinski definition) is 3.